The van der Waals surface area contributed by atoms with Crippen LogP contribution < -0.4 is 4.83 Å². The molecule has 0 bridgehead atoms. The number of rotatable bonds is 5. The summed E-state index contributed by atoms with van der Waals surface area (Å²) in [4.78, 5) is 12.9. The molecule has 8 heteroatoms. The van der Waals surface area contributed by atoms with Crippen LogP contribution in [0.3, 0.4) is 0 Å². The molecule has 0 rings (SSSR count). The lowest BCUT2D eigenvalue weighted by molar-refractivity contribution is 0.0857. The molecular formula is C8H17ClN2O4S. The third kappa shape index (κ3) is 5.53. The summed E-state index contributed by atoms with van der Waals surface area (Å²) >= 11 is 5.37. The van der Waals surface area contributed by atoms with Crippen molar-refractivity contribution in [2.45, 2.75) is 32.7 Å². The van der Waals surface area contributed by atoms with Gasteiger partial charge in [0.2, 0.25) is 10.0 Å². The van der Waals surface area contributed by atoms with Crippen LogP contribution in [0.4, 0.5) is 4.79 Å². The largest absolute Gasteiger partial charge is 0.464 e. The highest BCUT2D eigenvalue weighted by Crippen LogP contribution is 2.11. The standard InChI is InChI=1S/C8H17ClN2O4S/c1-8(2,3)11(7(12)13)10-16(14,15)6-4-5-9/h10H,4-6H2,1-3H3,(H,12,13). The number of carboxylic acid groups (broad SMARTS) is 1. The smallest absolute Gasteiger partial charge is 0.423 e. The molecule has 96 valence electrons. The summed E-state index contributed by atoms with van der Waals surface area (Å²) in [6, 6.07) is 0. The lowest BCUT2D eigenvalue weighted by atomic mass is 10.1. The molecule has 0 saturated carbocycles. The van der Waals surface area contributed by atoms with Gasteiger partial charge in [-0.15, -0.1) is 16.4 Å². The fraction of sp³-hybridized carbons (Fsp3) is 0.875. The molecule has 0 aromatic carbocycles. The Morgan fingerprint density at radius 1 is 1.44 bits per heavy atom. The fourth-order valence-corrected chi connectivity index (χ4v) is 2.43. The lowest BCUT2D eigenvalue weighted by Crippen LogP contribution is -2.55. The lowest BCUT2D eigenvalue weighted by Gasteiger charge is -2.32. The zero-order chi connectivity index (χ0) is 13.0. The highest BCUT2D eigenvalue weighted by Gasteiger charge is 2.30. The summed E-state index contributed by atoms with van der Waals surface area (Å²) in [5.41, 5.74) is -0.847. The molecule has 0 heterocycles. The summed E-state index contributed by atoms with van der Waals surface area (Å²) in [5.74, 6) is 0.0137. The normalized spacial score (nSPS) is 12.5. The second kappa shape index (κ2) is 5.70. The number of amides is 1. The van der Waals surface area contributed by atoms with Crippen LogP contribution in [0.15, 0.2) is 0 Å². The first kappa shape index (κ1) is 15.5. The molecule has 0 atom stereocenters. The predicted octanol–water partition coefficient (Wildman–Crippen LogP) is 1.23. The molecule has 0 aromatic rings. The van der Waals surface area contributed by atoms with Crippen molar-refractivity contribution in [1.29, 1.82) is 0 Å². The summed E-state index contributed by atoms with van der Waals surface area (Å²) in [6.07, 6.45) is -1.07. The Hall–Kier alpha value is -0.530. The van der Waals surface area contributed by atoms with E-state index >= 15 is 0 Å². The molecule has 0 unspecified atom stereocenters. The van der Waals surface area contributed by atoms with Gasteiger partial charge in [0.05, 0.1) is 11.3 Å². The van der Waals surface area contributed by atoms with E-state index in [1.807, 2.05) is 4.83 Å². The molecule has 6 nitrogen and oxygen atoms in total. The fourth-order valence-electron chi connectivity index (χ4n) is 0.892. The van der Waals surface area contributed by atoms with Gasteiger partial charge in [0.1, 0.15) is 0 Å². The molecule has 0 saturated heterocycles. The minimum absolute atomic E-state index is 0.198. The number of halogens is 1. The van der Waals surface area contributed by atoms with Crippen molar-refractivity contribution in [2.24, 2.45) is 0 Å². The minimum atomic E-state index is -3.66. The Bertz CT molecular complexity index is 336. The Balaban J connectivity index is 4.71. The number of nitrogens with one attached hydrogen (secondary N) is 1. The van der Waals surface area contributed by atoms with Crippen molar-refractivity contribution in [3.8, 4) is 0 Å². The van der Waals surface area contributed by atoms with Gasteiger partial charge in [-0.05, 0) is 27.2 Å². The Kier molecular flexibility index (Phi) is 5.51. The van der Waals surface area contributed by atoms with E-state index in [1.54, 1.807) is 20.8 Å². The van der Waals surface area contributed by atoms with Crippen LogP contribution in [0.5, 0.6) is 0 Å². The number of hydrogen-bond acceptors (Lipinski definition) is 3. The maximum Gasteiger partial charge on any atom is 0.423 e. The highest BCUT2D eigenvalue weighted by atomic mass is 35.5. The van der Waals surface area contributed by atoms with Crippen molar-refractivity contribution in [3.63, 3.8) is 0 Å². The van der Waals surface area contributed by atoms with Gasteiger partial charge in [-0.3, -0.25) is 0 Å². The van der Waals surface area contributed by atoms with E-state index in [4.69, 9.17) is 16.7 Å². The second-order valence-corrected chi connectivity index (χ2v) is 6.44. The van der Waals surface area contributed by atoms with Crippen LogP contribution in [0.2, 0.25) is 0 Å². The van der Waals surface area contributed by atoms with Gasteiger partial charge in [0.25, 0.3) is 0 Å². The molecule has 0 aliphatic heterocycles. The average molecular weight is 273 g/mol. The van der Waals surface area contributed by atoms with Crippen LogP contribution in [0.1, 0.15) is 27.2 Å². The van der Waals surface area contributed by atoms with Crippen molar-refractivity contribution < 1.29 is 18.3 Å². The van der Waals surface area contributed by atoms with E-state index in [2.05, 4.69) is 0 Å². The molecule has 1 amide bonds. The van der Waals surface area contributed by atoms with E-state index in [1.165, 1.54) is 0 Å². The van der Waals surface area contributed by atoms with Gasteiger partial charge in [0.15, 0.2) is 0 Å². The van der Waals surface area contributed by atoms with E-state index in [0.29, 0.717) is 5.01 Å². The van der Waals surface area contributed by atoms with Crippen LogP contribution >= 0.6 is 11.6 Å². The first-order valence-corrected chi connectivity index (χ1v) is 6.88. The van der Waals surface area contributed by atoms with Crippen molar-refractivity contribution in [1.82, 2.24) is 9.84 Å². The number of alkyl halides is 1. The van der Waals surface area contributed by atoms with Crippen LogP contribution in [-0.4, -0.2) is 41.8 Å². The predicted molar refractivity (Wildman–Crippen MR) is 61.9 cm³/mol. The summed E-state index contributed by atoms with van der Waals surface area (Å²) in [6.45, 7) is 4.77. The molecule has 0 radical (unpaired) electrons. The molecule has 0 aromatic heterocycles. The van der Waals surface area contributed by atoms with Crippen molar-refractivity contribution >= 4 is 27.7 Å². The quantitative estimate of drug-likeness (QED) is 0.582. The van der Waals surface area contributed by atoms with Crippen LogP contribution in [-0.2, 0) is 10.0 Å². The Morgan fingerprint density at radius 3 is 2.25 bits per heavy atom. The molecule has 0 spiro atoms. The van der Waals surface area contributed by atoms with Gasteiger partial charge in [-0.1, -0.05) is 0 Å². The molecule has 0 aliphatic rings. The molecule has 16 heavy (non-hydrogen) atoms. The van der Waals surface area contributed by atoms with Crippen LogP contribution in [0, 0.1) is 0 Å². The second-order valence-electron chi connectivity index (χ2n) is 4.24. The molecule has 2 N–H and O–H groups in total. The van der Waals surface area contributed by atoms with E-state index in [-0.39, 0.29) is 18.1 Å². The zero-order valence-corrected chi connectivity index (χ0v) is 11.1. The Labute approximate surface area is 101 Å². The zero-order valence-electron chi connectivity index (χ0n) is 9.53. The average Bonchev–Trinajstić information content (AvgIpc) is 2.09. The molecule has 0 fully saturated rings. The van der Waals surface area contributed by atoms with Crippen molar-refractivity contribution in [2.75, 3.05) is 11.6 Å². The molecule has 0 aliphatic carbocycles. The number of hydrazine groups is 1. The maximum absolute atomic E-state index is 11.5. The monoisotopic (exact) mass is 272 g/mol. The van der Waals surface area contributed by atoms with Crippen LogP contribution in [0.25, 0.3) is 0 Å². The maximum atomic E-state index is 11.5. The summed E-state index contributed by atoms with van der Waals surface area (Å²) in [5, 5.41) is 9.53. The number of sulfonamides is 1. The van der Waals surface area contributed by atoms with Gasteiger partial charge in [0, 0.05) is 5.88 Å². The molecular weight excluding hydrogens is 256 g/mol. The van der Waals surface area contributed by atoms with Gasteiger partial charge in [-0.25, -0.2) is 18.2 Å². The summed E-state index contributed by atoms with van der Waals surface area (Å²) < 4.78 is 23.0. The number of hydrogen-bond donors (Lipinski definition) is 2. The minimum Gasteiger partial charge on any atom is -0.464 e. The first-order valence-electron chi connectivity index (χ1n) is 4.69. The number of nitrogens with zero attached hydrogens (tertiary/aromatic N) is 1. The summed E-state index contributed by atoms with van der Waals surface area (Å²) in [7, 11) is -3.66. The van der Waals surface area contributed by atoms with Gasteiger partial charge in [-0.2, -0.15) is 0 Å². The third-order valence-electron chi connectivity index (χ3n) is 1.64. The van der Waals surface area contributed by atoms with Gasteiger partial charge < -0.3 is 5.11 Å². The van der Waals surface area contributed by atoms with E-state index < -0.39 is 21.7 Å². The van der Waals surface area contributed by atoms with Crippen molar-refractivity contribution in [3.05, 3.63) is 0 Å². The third-order valence-corrected chi connectivity index (χ3v) is 3.19. The topological polar surface area (TPSA) is 86.7 Å². The van der Waals surface area contributed by atoms with E-state index in [9.17, 15) is 13.2 Å². The van der Waals surface area contributed by atoms with E-state index in [0.717, 1.165) is 0 Å². The highest BCUT2D eigenvalue weighted by molar-refractivity contribution is 7.89. The van der Waals surface area contributed by atoms with Gasteiger partial charge >= 0.3 is 6.09 Å². The first-order chi connectivity index (χ1) is 7.10. The number of carbonyl (C=O) groups is 1. The Morgan fingerprint density at radius 2 is 1.94 bits per heavy atom. The SMILES string of the molecule is CC(C)(C)N(NS(=O)(=O)CCCCl)C(=O)O.